The van der Waals surface area contributed by atoms with Crippen LogP contribution in [0.3, 0.4) is 0 Å². The van der Waals surface area contributed by atoms with E-state index in [0.717, 1.165) is 0 Å². The Morgan fingerprint density at radius 3 is 2.70 bits per heavy atom. The van der Waals surface area contributed by atoms with Crippen LogP contribution in [0, 0.1) is 6.92 Å². The van der Waals surface area contributed by atoms with Crippen molar-refractivity contribution in [3.05, 3.63) is 34.7 Å². The van der Waals surface area contributed by atoms with Gasteiger partial charge in [-0.25, -0.2) is 4.98 Å². The minimum Gasteiger partial charge on any atom is -0.398 e. The van der Waals surface area contributed by atoms with Crippen molar-refractivity contribution >= 4 is 37.3 Å². The zero-order valence-corrected chi connectivity index (χ0v) is 13.5. The summed E-state index contributed by atoms with van der Waals surface area (Å²) in [4.78, 5) is 4.06. The van der Waals surface area contributed by atoms with Crippen molar-refractivity contribution in [1.29, 1.82) is 0 Å². The fourth-order valence-corrected chi connectivity index (χ4v) is 3.05. The molecule has 0 unspecified atom stereocenters. The molecular weight excluding hydrogens is 344 g/mol. The van der Waals surface area contributed by atoms with Gasteiger partial charge in [-0.05, 0) is 48.0 Å². The standard InChI is InChI=1S/C12H15BrN4O2S/c1-3-17-7-12(15-8(17)2)20(18,19)16-9-4-5-10(13)11(14)6-9/h4-7,16H,3,14H2,1-2H3. The fraction of sp³-hybridized carbons (Fsp3) is 0.250. The predicted octanol–water partition coefficient (Wildman–Crippen LogP) is 2.36. The Morgan fingerprint density at radius 2 is 2.15 bits per heavy atom. The number of nitrogens with two attached hydrogens (primary N) is 1. The smallest absolute Gasteiger partial charge is 0.280 e. The highest BCUT2D eigenvalue weighted by Crippen LogP contribution is 2.24. The van der Waals surface area contributed by atoms with E-state index in [4.69, 9.17) is 5.73 Å². The van der Waals surface area contributed by atoms with Crippen molar-refractivity contribution in [1.82, 2.24) is 9.55 Å². The summed E-state index contributed by atoms with van der Waals surface area (Å²) in [6.07, 6.45) is 1.51. The van der Waals surface area contributed by atoms with Gasteiger partial charge in [0.1, 0.15) is 5.82 Å². The number of halogens is 1. The van der Waals surface area contributed by atoms with Crippen molar-refractivity contribution in [3.63, 3.8) is 0 Å². The Hall–Kier alpha value is -1.54. The Morgan fingerprint density at radius 1 is 1.45 bits per heavy atom. The molecule has 0 spiro atoms. The van der Waals surface area contributed by atoms with Gasteiger partial charge in [-0.1, -0.05) is 0 Å². The molecule has 2 rings (SSSR count). The van der Waals surface area contributed by atoms with Crippen molar-refractivity contribution < 1.29 is 8.42 Å². The fourth-order valence-electron chi connectivity index (χ4n) is 1.74. The quantitative estimate of drug-likeness (QED) is 0.820. The van der Waals surface area contributed by atoms with Gasteiger partial charge in [0.05, 0.1) is 5.69 Å². The van der Waals surface area contributed by atoms with Gasteiger partial charge in [-0.2, -0.15) is 8.42 Å². The molecule has 1 aromatic heterocycles. The van der Waals surface area contributed by atoms with E-state index in [1.807, 2.05) is 6.92 Å². The maximum absolute atomic E-state index is 12.2. The molecule has 0 aliphatic heterocycles. The second-order valence-electron chi connectivity index (χ2n) is 4.25. The molecule has 6 nitrogen and oxygen atoms in total. The van der Waals surface area contributed by atoms with E-state index in [-0.39, 0.29) is 5.03 Å². The second-order valence-corrected chi connectivity index (χ2v) is 6.74. The number of benzene rings is 1. The number of nitrogens with zero attached hydrogens (tertiary/aromatic N) is 2. The van der Waals surface area contributed by atoms with Crippen LogP contribution >= 0.6 is 15.9 Å². The summed E-state index contributed by atoms with van der Waals surface area (Å²) >= 11 is 3.26. The number of nitrogens with one attached hydrogen (secondary N) is 1. The van der Waals surface area contributed by atoms with Gasteiger partial charge in [0, 0.05) is 22.9 Å². The molecule has 0 aliphatic rings. The van der Waals surface area contributed by atoms with Crippen molar-refractivity contribution in [2.45, 2.75) is 25.4 Å². The van der Waals surface area contributed by atoms with Crippen LogP contribution in [-0.4, -0.2) is 18.0 Å². The van der Waals surface area contributed by atoms with Crippen LogP contribution in [0.2, 0.25) is 0 Å². The van der Waals surface area contributed by atoms with Gasteiger partial charge >= 0.3 is 0 Å². The second kappa shape index (κ2) is 5.45. The number of rotatable bonds is 4. The number of imidazole rings is 1. The number of hydrogen-bond donors (Lipinski definition) is 2. The van der Waals surface area contributed by atoms with Crippen LogP contribution in [-0.2, 0) is 16.6 Å². The van der Waals surface area contributed by atoms with Crippen LogP contribution in [0.15, 0.2) is 33.9 Å². The van der Waals surface area contributed by atoms with E-state index in [2.05, 4.69) is 25.6 Å². The first-order valence-corrected chi connectivity index (χ1v) is 8.22. The minimum absolute atomic E-state index is 0.00154. The van der Waals surface area contributed by atoms with Crippen LogP contribution < -0.4 is 10.5 Å². The zero-order valence-electron chi connectivity index (χ0n) is 11.1. The Labute approximate surface area is 126 Å². The van der Waals surface area contributed by atoms with Crippen molar-refractivity contribution in [3.8, 4) is 0 Å². The molecule has 2 aromatic rings. The normalized spacial score (nSPS) is 11.6. The maximum atomic E-state index is 12.2. The first-order chi connectivity index (χ1) is 9.33. The monoisotopic (exact) mass is 358 g/mol. The average molecular weight is 359 g/mol. The molecule has 108 valence electrons. The predicted molar refractivity (Wildman–Crippen MR) is 82.0 cm³/mol. The first kappa shape index (κ1) is 14.9. The first-order valence-electron chi connectivity index (χ1n) is 5.95. The van der Waals surface area contributed by atoms with Gasteiger partial charge < -0.3 is 10.3 Å². The molecule has 0 fully saturated rings. The summed E-state index contributed by atoms with van der Waals surface area (Å²) in [5.41, 5.74) is 6.58. The van der Waals surface area contributed by atoms with Gasteiger partial charge in [-0.3, -0.25) is 4.72 Å². The molecular formula is C12H15BrN4O2S. The summed E-state index contributed by atoms with van der Waals surface area (Å²) in [6, 6.07) is 4.86. The number of nitrogen functional groups attached to an aromatic ring is 1. The minimum atomic E-state index is -3.71. The van der Waals surface area contributed by atoms with E-state index < -0.39 is 10.0 Å². The van der Waals surface area contributed by atoms with Crippen molar-refractivity contribution in [2.75, 3.05) is 10.5 Å². The molecule has 3 N–H and O–H groups in total. The van der Waals surface area contributed by atoms with Crippen LogP contribution in [0.25, 0.3) is 0 Å². The third kappa shape index (κ3) is 2.96. The lowest BCUT2D eigenvalue weighted by molar-refractivity contribution is 0.598. The molecule has 0 bridgehead atoms. The third-order valence-corrected chi connectivity index (χ3v) is 4.79. The molecule has 0 saturated carbocycles. The van der Waals surface area contributed by atoms with Gasteiger partial charge in [0.25, 0.3) is 10.0 Å². The molecule has 0 amide bonds. The number of anilines is 2. The molecule has 0 atom stereocenters. The van der Waals surface area contributed by atoms with E-state index in [1.165, 1.54) is 6.20 Å². The molecule has 0 radical (unpaired) electrons. The van der Waals surface area contributed by atoms with Crippen LogP contribution in [0.5, 0.6) is 0 Å². The molecule has 0 saturated heterocycles. The highest BCUT2D eigenvalue weighted by Gasteiger charge is 2.19. The molecule has 20 heavy (non-hydrogen) atoms. The number of hydrogen-bond acceptors (Lipinski definition) is 4. The number of aromatic nitrogens is 2. The summed E-state index contributed by atoms with van der Waals surface area (Å²) in [7, 11) is -3.71. The van der Waals surface area contributed by atoms with E-state index in [0.29, 0.717) is 28.2 Å². The Kier molecular flexibility index (Phi) is 4.05. The van der Waals surface area contributed by atoms with E-state index in [1.54, 1.807) is 29.7 Å². The zero-order chi connectivity index (χ0) is 14.9. The highest BCUT2D eigenvalue weighted by atomic mass is 79.9. The van der Waals surface area contributed by atoms with E-state index in [9.17, 15) is 8.42 Å². The summed E-state index contributed by atoms with van der Waals surface area (Å²) in [5, 5.41) is -0.00154. The van der Waals surface area contributed by atoms with Crippen LogP contribution in [0.1, 0.15) is 12.7 Å². The Balaban J connectivity index is 2.32. The van der Waals surface area contributed by atoms with Gasteiger partial charge in [-0.15, -0.1) is 0 Å². The highest BCUT2D eigenvalue weighted by molar-refractivity contribution is 9.10. The lowest BCUT2D eigenvalue weighted by Gasteiger charge is -2.07. The maximum Gasteiger partial charge on any atom is 0.280 e. The van der Waals surface area contributed by atoms with Gasteiger partial charge in [0.15, 0.2) is 5.03 Å². The van der Waals surface area contributed by atoms with E-state index >= 15 is 0 Å². The number of aryl methyl sites for hydroxylation is 2. The van der Waals surface area contributed by atoms with Crippen LogP contribution in [0.4, 0.5) is 11.4 Å². The topological polar surface area (TPSA) is 90.0 Å². The Bertz CT molecular complexity index is 740. The molecule has 1 heterocycles. The van der Waals surface area contributed by atoms with Gasteiger partial charge in [0.2, 0.25) is 0 Å². The molecule has 0 aliphatic carbocycles. The SMILES string of the molecule is CCn1cc(S(=O)(=O)Nc2ccc(Br)c(N)c2)nc1C. The van der Waals surface area contributed by atoms with Crippen molar-refractivity contribution in [2.24, 2.45) is 0 Å². The summed E-state index contributed by atoms with van der Waals surface area (Å²) in [5.74, 6) is 0.656. The lowest BCUT2D eigenvalue weighted by Crippen LogP contribution is -2.13. The largest absolute Gasteiger partial charge is 0.398 e. The lowest BCUT2D eigenvalue weighted by atomic mass is 10.3. The summed E-state index contributed by atoms with van der Waals surface area (Å²) in [6.45, 7) is 4.35. The molecule has 8 heteroatoms. The third-order valence-electron chi connectivity index (χ3n) is 2.82. The number of sulfonamides is 1. The average Bonchev–Trinajstić information content (AvgIpc) is 2.76. The summed E-state index contributed by atoms with van der Waals surface area (Å²) < 4.78 is 29.4. The molecule has 1 aromatic carbocycles.